The maximum atomic E-state index is 11.9. The molecule has 7 nitrogen and oxygen atoms in total. The fraction of sp³-hybridized carbons (Fsp3) is 0.900. The van der Waals surface area contributed by atoms with Gasteiger partial charge in [0.05, 0.1) is 6.10 Å². The number of piperidine rings is 1. The zero-order valence-electron chi connectivity index (χ0n) is 17.9. The van der Waals surface area contributed by atoms with E-state index >= 15 is 0 Å². The van der Waals surface area contributed by atoms with Crippen molar-refractivity contribution in [2.75, 3.05) is 53.4 Å². The molecule has 2 rings (SSSR count). The third-order valence-electron chi connectivity index (χ3n) is 5.50. The van der Waals surface area contributed by atoms with Crippen LogP contribution in [-0.2, 0) is 9.53 Å². The molecule has 2 aliphatic heterocycles. The maximum absolute atomic E-state index is 11.9. The molecule has 2 atom stereocenters. The second kappa shape index (κ2) is 14.4. The Morgan fingerprint density at radius 3 is 2.64 bits per heavy atom. The molecule has 0 saturated carbocycles. The molecule has 0 aromatic carbocycles. The zero-order chi connectivity index (χ0) is 19.5. The first-order valence-corrected chi connectivity index (χ1v) is 10.6. The third-order valence-corrected chi connectivity index (χ3v) is 5.50. The zero-order valence-corrected chi connectivity index (χ0v) is 20.2. The number of amides is 1. The van der Waals surface area contributed by atoms with Gasteiger partial charge in [0.2, 0.25) is 5.91 Å². The summed E-state index contributed by atoms with van der Waals surface area (Å²) in [6.45, 7) is 7.27. The number of rotatable bonds is 8. The van der Waals surface area contributed by atoms with E-state index in [1.165, 1.54) is 32.2 Å². The number of carbonyl (C=O) groups excluding carboxylic acids is 1. The summed E-state index contributed by atoms with van der Waals surface area (Å²) in [6.07, 6.45) is 8.78. The fourth-order valence-electron chi connectivity index (χ4n) is 3.62. The summed E-state index contributed by atoms with van der Waals surface area (Å²) in [4.78, 5) is 20.5. The smallest absolute Gasteiger partial charge is 0.243 e. The van der Waals surface area contributed by atoms with Crippen LogP contribution in [0.5, 0.6) is 0 Å². The Morgan fingerprint density at radius 1 is 1.18 bits per heavy atom. The Bertz CT molecular complexity index is 470. The van der Waals surface area contributed by atoms with E-state index in [0.29, 0.717) is 12.0 Å². The fourth-order valence-corrected chi connectivity index (χ4v) is 3.62. The number of hydrogen-bond donors (Lipinski definition) is 2. The van der Waals surface area contributed by atoms with Gasteiger partial charge in [-0.3, -0.25) is 4.79 Å². The molecule has 2 aliphatic rings. The summed E-state index contributed by atoms with van der Waals surface area (Å²) < 4.78 is 5.78. The van der Waals surface area contributed by atoms with E-state index in [4.69, 9.17) is 4.74 Å². The highest BCUT2D eigenvalue weighted by atomic mass is 127. The highest BCUT2D eigenvalue weighted by molar-refractivity contribution is 14.0. The van der Waals surface area contributed by atoms with E-state index in [0.717, 1.165) is 45.5 Å². The Labute approximate surface area is 188 Å². The summed E-state index contributed by atoms with van der Waals surface area (Å²) in [7, 11) is 3.52. The Balaban J connectivity index is 0.00000392. The van der Waals surface area contributed by atoms with Crippen molar-refractivity contribution in [3.8, 4) is 0 Å². The van der Waals surface area contributed by atoms with Gasteiger partial charge in [0.1, 0.15) is 6.54 Å². The average molecular weight is 509 g/mol. The molecule has 164 valence electrons. The van der Waals surface area contributed by atoms with E-state index in [1.54, 1.807) is 19.0 Å². The van der Waals surface area contributed by atoms with Crippen LogP contribution in [0.1, 0.15) is 51.9 Å². The minimum Gasteiger partial charge on any atom is -0.376 e. The SMILES string of the molecule is CC1CCCCN1CCCNC(=NCC(=O)N(C)C)NCC1CCCCO1.I. The van der Waals surface area contributed by atoms with Crippen LogP contribution in [0, 0.1) is 0 Å². The van der Waals surface area contributed by atoms with Gasteiger partial charge in [0.15, 0.2) is 5.96 Å². The van der Waals surface area contributed by atoms with Gasteiger partial charge in [-0.2, -0.15) is 0 Å². The molecule has 0 radical (unpaired) electrons. The van der Waals surface area contributed by atoms with Crippen LogP contribution < -0.4 is 10.6 Å². The summed E-state index contributed by atoms with van der Waals surface area (Å²) in [5, 5.41) is 6.75. The van der Waals surface area contributed by atoms with Crippen molar-refractivity contribution in [3.63, 3.8) is 0 Å². The van der Waals surface area contributed by atoms with Gasteiger partial charge in [-0.05, 0) is 52.0 Å². The number of ether oxygens (including phenoxy) is 1. The number of likely N-dealkylation sites (tertiary alicyclic amines) is 1. The van der Waals surface area contributed by atoms with Crippen molar-refractivity contribution in [2.24, 2.45) is 4.99 Å². The average Bonchev–Trinajstić information content (AvgIpc) is 2.68. The topological polar surface area (TPSA) is 69.2 Å². The highest BCUT2D eigenvalue weighted by Gasteiger charge is 2.17. The largest absolute Gasteiger partial charge is 0.376 e. The van der Waals surface area contributed by atoms with Crippen molar-refractivity contribution in [2.45, 2.75) is 64.0 Å². The first-order valence-electron chi connectivity index (χ1n) is 10.6. The molecule has 0 aliphatic carbocycles. The molecular weight excluding hydrogens is 469 g/mol. The van der Waals surface area contributed by atoms with Crippen molar-refractivity contribution in [3.05, 3.63) is 0 Å². The predicted octanol–water partition coefficient (Wildman–Crippen LogP) is 2.06. The van der Waals surface area contributed by atoms with Crippen LogP contribution in [0.3, 0.4) is 0 Å². The van der Waals surface area contributed by atoms with Crippen LogP contribution in [0.25, 0.3) is 0 Å². The monoisotopic (exact) mass is 509 g/mol. The van der Waals surface area contributed by atoms with Gasteiger partial charge in [0.25, 0.3) is 0 Å². The van der Waals surface area contributed by atoms with Crippen LogP contribution in [0.4, 0.5) is 0 Å². The van der Waals surface area contributed by atoms with E-state index in [1.807, 2.05) is 0 Å². The van der Waals surface area contributed by atoms with Crippen LogP contribution in [0.15, 0.2) is 4.99 Å². The van der Waals surface area contributed by atoms with Gasteiger partial charge in [-0.25, -0.2) is 4.99 Å². The predicted molar refractivity (Wildman–Crippen MR) is 126 cm³/mol. The number of carbonyl (C=O) groups is 1. The number of likely N-dealkylation sites (N-methyl/N-ethyl adjacent to an activating group) is 1. The Morgan fingerprint density at radius 2 is 1.96 bits per heavy atom. The number of nitrogens with zero attached hydrogens (tertiary/aromatic N) is 3. The molecule has 28 heavy (non-hydrogen) atoms. The molecule has 1 amide bonds. The summed E-state index contributed by atoms with van der Waals surface area (Å²) in [6, 6.07) is 0.700. The molecule has 0 spiro atoms. The van der Waals surface area contributed by atoms with Gasteiger partial charge < -0.3 is 25.2 Å². The number of hydrogen-bond acceptors (Lipinski definition) is 4. The van der Waals surface area contributed by atoms with Gasteiger partial charge in [-0.1, -0.05) is 6.42 Å². The van der Waals surface area contributed by atoms with Crippen molar-refractivity contribution in [1.82, 2.24) is 20.4 Å². The number of halogens is 1. The van der Waals surface area contributed by atoms with Gasteiger partial charge in [0, 0.05) is 46.4 Å². The summed E-state index contributed by atoms with van der Waals surface area (Å²) in [5.41, 5.74) is 0. The normalized spacial score (nSPS) is 23.6. The van der Waals surface area contributed by atoms with Gasteiger partial charge in [-0.15, -0.1) is 24.0 Å². The minimum absolute atomic E-state index is 0. The lowest BCUT2D eigenvalue weighted by molar-refractivity contribution is -0.127. The van der Waals surface area contributed by atoms with Crippen molar-refractivity contribution >= 4 is 35.8 Å². The lowest BCUT2D eigenvalue weighted by Gasteiger charge is -2.33. The number of aliphatic imine (C=N–C) groups is 1. The molecule has 2 fully saturated rings. The highest BCUT2D eigenvalue weighted by Crippen LogP contribution is 2.16. The first kappa shape index (κ1) is 25.4. The van der Waals surface area contributed by atoms with Crippen LogP contribution in [-0.4, -0.2) is 87.2 Å². The molecule has 2 N–H and O–H groups in total. The van der Waals surface area contributed by atoms with Crippen molar-refractivity contribution in [1.29, 1.82) is 0 Å². The lowest BCUT2D eigenvalue weighted by atomic mass is 10.0. The molecule has 0 aromatic rings. The summed E-state index contributed by atoms with van der Waals surface area (Å²) >= 11 is 0. The number of guanidine groups is 1. The standard InChI is InChI=1S/C20H39N5O2.HI/c1-17-9-4-6-12-25(17)13-8-11-21-20(23-16-19(26)24(2)3)22-15-18-10-5-7-14-27-18;/h17-18H,4-16H2,1-3H3,(H2,21,22,23);1H. The Hall–Kier alpha value is -0.610. The lowest BCUT2D eigenvalue weighted by Crippen LogP contribution is -2.44. The van der Waals surface area contributed by atoms with Crippen LogP contribution >= 0.6 is 24.0 Å². The van der Waals surface area contributed by atoms with Crippen LogP contribution in [0.2, 0.25) is 0 Å². The maximum Gasteiger partial charge on any atom is 0.243 e. The van der Waals surface area contributed by atoms with E-state index < -0.39 is 0 Å². The quantitative estimate of drug-likeness (QED) is 0.227. The molecule has 2 unspecified atom stereocenters. The second-order valence-electron chi connectivity index (χ2n) is 7.98. The molecule has 2 saturated heterocycles. The second-order valence-corrected chi connectivity index (χ2v) is 7.98. The third kappa shape index (κ3) is 9.73. The first-order chi connectivity index (χ1) is 13.1. The molecular formula is C20H40IN5O2. The Kier molecular flexibility index (Phi) is 13.1. The number of nitrogens with one attached hydrogen (secondary N) is 2. The van der Waals surface area contributed by atoms with E-state index in [9.17, 15) is 4.79 Å². The molecule has 0 aromatic heterocycles. The summed E-state index contributed by atoms with van der Waals surface area (Å²) in [5.74, 6) is 0.721. The molecule has 2 heterocycles. The van der Waals surface area contributed by atoms with Gasteiger partial charge >= 0.3 is 0 Å². The van der Waals surface area contributed by atoms with Crippen molar-refractivity contribution < 1.29 is 9.53 Å². The molecule has 8 heteroatoms. The van der Waals surface area contributed by atoms with E-state index in [-0.39, 0.29) is 42.5 Å². The van der Waals surface area contributed by atoms with E-state index in [2.05, 4.69) is 27.4 Å². The minimum atomic E-state index is 0. The molecule has 0 bridgehead atoms.